The molecule has 0 radical (unpaired) electrons. The van der Waals surface area contributed by atoms with E-state index in [9.17, 15) is 0 Å². The van der Waals surface area contributed by atoms with Crippen molar-refractivity contribution in [2.24, 2.45) is 0 Å². The molecular weight excluding hydrogens is 278 g/mol. The lowest BCUT2D eigenvalue weighted by molar-refractivity contribution is 0.675. The first kappa shape index (κ1) is 14.3. The quantitative estimate of drug-likeness (QED) is 0.650. The van der Waals surface area contributed by atoms with Gasteiger partial charge in [-0.05, 0) is 48.5 Å². The first-order valence-corrected chi connectivity index (χ1v) is 7.43. The van der Waals surface area contributed by atoms with Gasteiger partial charge in [-0.2, -0.15) is 0 Å². The zero-order chi connectivity index (χ0) is 13.5. The molecule has 1 aromatic heterocycles. The second-order valence-corrected chi connectivity index (χ2v) is 5.49. The van der Waals surface area contributed by atoms with Crippen LogP contribution >= 0.6 is 23.4 Å². The van der Waals surface area contributed by atoms with Crippen LogP contribution in [0, 0.1) is 0 Å². The van der Waals surface area contributed by atoms with E-state index in [2.05, 4.69) is 28.3 Å². The lowest BCUT2D eigenvalue weighted by Crippen LogP contribution is -2.13. The number of hydrogen-bond acceptors (Lipinski definition) is 4. The minimum absolute atomic E-state index is 0.709. The van der Waals surface area contributed by atoms with E-state index < -0.39 is 0 Å². The lowest BCUT2D eigenvalue weighted by Gasteiger charge is -2.07. The van der Waals surface area contributed by atoms with Gasteiger partial charge in [0.25, 0.3) is 0 Å². The fraction of sp³-hybridized carbons (Fsp3) is 0.286. The van der Waals surface area contributed by atoms with Crippen molar-refractivity contribution < 1.29 is 0 Å². The Labute approximate surface area is 122 Å². The van der Waals surface area contributed by atoms with Gasteiger partial charge in [0.15, 0.2) is 5.16 Å². The van der Waals surface area contributed by atoms with Crippen molar-refractivity contribution in [2.45, 2.75) is 29.9 Å². The van der Waals surface area contributed by atoms with Crippen molar-refractivity contribution in [1.29, 1.82) is 0 Å². The van der Waals surface area contributed by atoms with Gasteiger partial charge in [-0.25, -0.2) is 9.97 Å². The predicted octanol–water partition coefficient (Wildman–Crippen LogP) is 3.78. The highest BCUT2D eigenvalue weighted by molar-refractivity contribution is 7.99. The SMILES string of the molecule is CCCNCc1ccc(Sc2ncccn2)c(Cl)c1. The van der Waals surface area contributed by atoms with Gasteiger partial charge in [0.05, 0.1) is 5.02 Å². The molecule has 1 aromatic carbocycles. The van der Waals surface area contributed by atoms with Crippen LogP contribution in [0.15, 0.2) is 46.7 Å². The maximum absolute atomic E-state index is 6.29. The molecule has 0 bridgehead atoms. The van der Waals surface area contributed by atoms with Crippen molar-refractivity contribution in [3.8, 4) is 0 Å². The topological polar surface area (TPSA) is 37.8 Å². The van der Waals surface area contributed by atoms with E-state index in [0.717, 1.165) is 29.4 Å². The van der Waals surface area contributed by atoms with Crippen LogP contribution in [0.5, 0.6) is 0 Å². The summed E-state index contributed by atoms with van der Waals surface area (Å²) in [5.74, 6) is 0. The molecule has 100 valence electrons. The van der Waals surface area contributed by atoms with Crippen LogP contribution in [0.4, 0.5) is 0 Å². The number of aromatic nitrogens is 2. The van der Waals surface area contributed by atoms with Crippen molar-refractivity contribution in [1.82, 2.24) is 15.3 Å². The number of benzene rings is 1. The van der Waals surface area contributed by atoms with E-state index >= 15 is 0 Å². The van der Waals surface area contributed by atoms with Gasteiger partial charge in [-0.3, -0.25) is 0 Å². The molecule has 3 nitrogen and oxygen atoms in total. The van der Waals surface area contributed by atoms with E-state index in [0.29, 0.717) is 5.16 Å². The summed E-state index contributed by atoms with van der Waals surface area (Å²) in [7, 11) is 0. The fourth-order valence-electron chi connectivity index (χ4n) is 1.58. The number of halogens is 1. The molecular formula is C14H16ClN3S. The highest BCUT2D eigenvalue weighted by Crippen LogP contribution is 2.31. The Kier molecular flexibility index (Phi) is 5.63. The second-order valence-electron chi connectivity index (χ2n) is 4.07. The van der Waals surface area contributed by atoms with E-state index in [4.69, 9.17) is 11.6 Å². The van der Waals surface area contributed by atoms with Gasteiger partial charge in [0.1, 0.15) is 0 Å². The fourth-order valence-corrected chi connectivity index (χ4v) is 2.62. The summed E-state index contributed by atoms with van der Waals surface area (Å²) in [5, 5.41) is 4.81. The first-order chi connectivity index (χ1) is 9.29. The third-order valence-electron chi connectivity index (χ3n) is 2.50. The molecule has 5 heteroatoms. The Hall–Kier alpha value is -1.10. The van der Waals surface area contributed by atoms with Gasteiger partial charge >= 0.3 is 0 Å². The average molecular weight is 294 g/mol. The third kappa shape index (κ3) is 4.49. The summed E-state index contributed by atoms with van der Waals surface area (Å²) < 4.78 is 0. The number of nitrogens with one attached hydrogen (secondary N) is 1. The molecule has 2 rings (SSSR count). The van der Waals surface area contributed by atoms with Crippen molar-refractivity contribution in [3.05, 3.63) is 47.2 Å². The monoisotopic (exact) mass is 293 g/mol. The number of hydrogen-bond donors (Lipinski definition) is 1. The molecule has 1 heterocycles. The molecule has 1 N–H and O–H groups in total. The minimum Gasteiger partial charge on any atom is -0.313 e. The lowest BCUT2D eigenvalue weighted by atomic mass is 10.2. The summed E-state index contributed by atoms with van der Waals surface area (Å²) in [5.41, 5.74) is 1.19. The average Bonchev–Trinajstić information content (AvgIpc) is 2.43. The molecule has 2 aromatic rings. The van der Waals surface area contributed by atoms with Crippen LogP contribution in [0.25, 0.3) is 0 Å². The minimum atomic E-state index is 0.709. The van der Waals surface area contributed by atoms with E-state index in [1.165, 1.54) is 17.3 Å². The normalized spacial score (nSPS) is 10.6. The van der Waals surface area contributed by atoms with Crippen molar-refractivity contribution in [3.63, 3.8) is 0 Å². The molecule has 0 spiro atoms. The van der Waals surface area contributed by atoms with Crippen molar-refractivity contribution >= 4 is 23.4 Å². The maximum atomic E-state index is 6.29. The van der Waals surface area contributed by atoms with Gasteiger partial charge in [0.2, 0.25) is 0 Å². The van der Waals surface area contributed by atoms with Crippen LogP contribution in [-0.2, 0) is 6.54 Å². The smallest absolute Gasteiger partial charge is 0.192 e. The van der Waals surface area contributed by atoms with Crippen LogP contribution < -0.4 is 5.32 Å². The first-order valence-electron chi connectivity index (χ1n) is 6.23. The highest BCUT2D eigenvalue weighted by Gasteiger charge is 2.05. The standard InChI is InChI=1S/C14H16ClN3S/c1-2-6-16-10-11-4-5-13(12(15)9-11)19-14-17-7-3-8-18-14/h3-5,7-9,16H,2,6,10H2,1H3. The zero-order valence-corrected chi connectivity index (χ0v) is 12.3. The van der Waals surface area contributed by atoms with Crippen LogP contribution in [-0.4, -0.2) is 16.5 Å². The largest absolute Gasteiger partial charge is 0.313 e. The van der Waals surface area contributed by atoms with E-state index in [1.54, 1.807) is 18.5 Å². The van der Waals surface area contributed by atoms with Gasteiger partial charge in [0, 0.05) is 23.8 Å². The molecule has 0 amide bonds. The number of nitrogens with zero attached hydrogens (tertiary/aromatic N) is 2. The maximum Gasteiger partial charge on any atom is 0.192 e. The Morgan fingerprint density at radius 1 is 1.26 bits per heavy atom. The van der Waals surface area contributed by atoms with Gasteiger partial charge in [-0.15, -0.1) is 0 Å². The summed E-state index contributed by atoms with van der Waals surface area (Å²) in [4.78, 5) is 9.34. The molecule has 0 aliphatic carbocycles. The van der Waals surface area contributed by atoms with Gasteiger partial charge < -0.3 is 5.32 Å². The van der Waals surface area contributed by atoms with Crippen molar-refractivity contribution in [2.75, 3.05) is 6.54 Å². The molecule has 0 saturated carbocycles. The Morgan fingerprint density at radius 2 is 2.05 bits per heavy atom. The summed E-state index contributed by atoms with van der Waals surface area (Å²) >= 11 is 7.76. The Morgan fingerprint density at radius 3 is 2.74 bits per heavy atom. The molecule has 0 saturated heterocycles. The molecule has 0 aliphatic rings. The molecule has 0 atom stereocenters. The van der Waals surface area contributed by atoms with Crippen LogP contribution in [0.2, 0.25) is 5.02 Å². The molecule has 0 aliphatic heterocycles. The highest BCUT2D eigenvalue weighted by atomic mass is 35.5. The third-order valence-corrected chi connectivity index (χ3v) is 3.89. The molecule has 19 heavy (non-hydrogen) atoms. The summed E-state index contributed by atoms with van der Waals surface area (Å²) in [6, 6.07) is 7.90. The Bertz CT molecular complexity index is 519. The summed E-state index contributed by atoms with van der Waals surface area (Å²) in [6.45, 7) is 4.02. The zero-order valence-electron chi connectivity index (χ0n) is 10.8. The van der Waals surface area contributed by atoms with E-state index in [1.807, 2.05) is 12.1 Å². The summed E-state index contributed by atoms with van der Waals surface area (Å²) in [6.07, 6.45) is 4.59. The number of rotatable bonds is 6. The Balaban J connectivity index is 2.03. The van der Waals surface area contributed by atoms with Crippen LogP contribution in [0.3, 0.4) is 0 Å². The predicted molar refractivity (Wildman–Crippen MR) is 79.6 cm³/mol. The second kappa shape index (κ2) is 7.48. The molecule has 0 unspecified atom stereocenters. The van der Waals surface area contributed by atoms with Gasteiger partial charge in [-0.1, -0.05) is 24.6 Å². The molecule has 0 fully saturated rings. The van der Waals surface area contributed by atoms with Crippen LogP contribution in [0.1, 0.15) is 18.9 Å². The van der Waals surface area contributed by atoms with E-state index in [-0.39, 0.29) is 0 Å².